The van der Waals surface area contributed by atoms with Gasteiger partial charge in [0.2, 0.25) is 6.33 Å². The number of benzene rings is 1. The van der Waals surface area contributed by atoms with E-state index in [0.717, 1.165) is 19.9 Å². The number of carboxylic acids is 1. The highest BCUT2D eigenvalue weighted by Gasteiger charge is 2.41. The smallest absolute Gasteiger partial charge is 0.244 e. The van der Waals surface area contributed by atoms with E-state index in [1.807, 2.05) is 0 Å². The van der Waals surface area contributed by atoms with E-state index in [2.05, 4.69) is 92.8 Å². The third-order valence-electron chi connectivity index (χ3n) is 5.09. The molecule has 0 saturated carbocycles. The van der Waals surface area contributed by atoms with Crippen molar-refractivity contribution in [3.8, 4) is 0 Å². The highest BCUT2D eigenvalue weighted by Crippen LogP contribution is 2.39. The van der Waals surface area contributed by atoms with Crippen molar-refractivity contribution in [2.75, 3.05) is 0 Å². The van der Waals surface area contributed by atoms with E-state index in [-0.39, 0.29) is 11.0 Å². The van der Waals surface area contributed by atoms with E-state index in [9.17, 15) is 0 Å². The topological polar surface area (TPSA) is 48.9 Å². The molecule has 0 bridgehead atoms. The minimum absolute atomic E-state index is 0.101. The summed E-state index contributed by atoms with van der Waals surface area (Å²) >= 11 is 0. The van der Waals surface area contributed by atoms with Crippen molar-refractivity contribution < 1.29 is 14.5 Å². The Morgan fingerprint density at radius 3 is 2.21 bits per heavy atom. The average Bonchev–Trinajstić information content (AvgIpc) is 2.96. The molecule has 1 aromatic heterocycles. The van der Waals surface area contributed by atoms with Crippen LogP contribution in [0.3, 0.4) is 0 Å². The number of carbonyl (C=O) groups is 1. The highest BCUT2D eigenvalue weighted by molar-refractivity contribution is 5.60. The van der Waals surface area contributed by atoms with Gasteiger partial charge in [-0.1, -0.05) is 51.1 Å². The first-order valence-corrected chi connectivity index (χ1v) is 8.39. The number of hydrogen-bond acceptors (Lipinski definition) is 2. The van der Waals surface area contributed by atoms with Gasteiger partial charge >= 0.3 is 0 Å². The van der Waals surface area contributed by atoms with E-state index in [0.29, 0.717) is 0 Å². The average molecular weight is 330 g/mol. The Morgan fingerprint density at radius 1 is 1.17 bits per heavy atom. The second-order valence-corrected chi connectivity index (χ2v) is 7.27. The van der Waals surface area contributed by atoms with Crippen LogP contribution in [-0.2, 0) is 16.9 Å². The minimum Gasteiger partial charge on any atom is -0.550 e. The van der Waals surface area contributed by atoms with Crippen molar-refractivity contribution in [3.05, 3.63) is 54.6 Å². The molecule has 0 amide bonds. The van der Waals surface area contributed by atoms with Crippen LogP contribution in [0, 0.1) is 5.41 Å². The second-order valence-electron chi connectivity index (χ2n) is 7.27. The first kappa shape index (κ1) is 19.9. The van der Waals surface area contributed by atoms with Gasteiger partial charge in [0.15, 0.2) is 0 Å². The molecule has 4 nitrogen and oxygen atoms in total. The van der Waals surface area contributed by atoms with Crippen molar-refractivity contribution in [1.29, 1.82) is 0 Å². The zero-order chi connectivity index (χ0) is 18.4. The molecule has 0 fully saturated rings. The van der Waals surface area contributed by atoms with Crippen molar-refractivity contribution in [2.45, 2.75) is 60.0 Å². The molecule has 24 heavy (non-hydrogen) atoms. The van der Waals surface area contributed by atoms with Gasteiger partial charge in [-0.05, 0) is 32.8 Å². The number of carboxylic acid groups (broad SMARTS) is 1. The molecule has 0 atom stereocenters. The quantitative estimate of drug-likeness (QED) is 0.792. The van der Waals surface area contributed by atoms with Gasteiger partial charge in [0.1, 0.15) is 24.5 Å². The molecule has 1 aromatic carbocycles. The maximum absolute atomic E-state index is 8.89. The van der Waals surface area contributed by atoms with Crippen LogP contribution in [0.5, 0.6) is 0 Å². The fourth-order valence-electron chi connectivity index (χ4n) is 2.39. The summed E-state index contributed by atoms with van der Waals surface area (Å²) < 4.78 is 4.60. The van der Waals surface area contributed by atoms with Gasteiger partial charge in [-0.3, -0.25) is 0 Å². The summed E-state index contributed by atoms with van der Waals surface area (Å²) in [5, 5.41) is 8.89. The minimum atomic E-state index is -1.08. The van der Waals surface area contributed by atoms with Gasteiger partial charge in [0.05, 0.1) is 0 Å². The first-order valence-electron chi connectivity index (χ1n) is 8.39. The third kappa shape index (κ3) is 5.22. The number of rotatable bonds is 5. The molecule has 1 heterocycles. The van der Waals surface area contributed by atoms with Gasteiger partial charge in [-0.25, -0.2) is 9.13 Å². The molecule has 132 valence electrons. The van der Waals surface area contributed by atoms with Gasteiger partial charge in [-0.2, -0.15) is 0 Å². The van der Waals surface area contributed by atoms with Crippen molar-refractivity contribution in [3.63, 3.8) is 0 Å². The molecular weight excluding hydrogens is 300 g/mol. The lowest BCUT2D eigenvalue weighted by Crippen LogP contribution is -2.42. The summed E-state index contributed by atoms with van der Waals surface area (Å²) in [5.41, 5.74) is 1.70. The van der Waals surface area contributed by atoms with Gasteiger partial charge in [0, 0.05) is 11.4 Å². The number of imidazole rings is 1. The van der Waals surface area contributed by atoms with Gasteiger partial charge in [-0.15, -0.1) is 0 Å². The summed E-state index contributed by atoms with van der Waals surface area (Å²) in [7, 11) is 0. The summed E-state index contributed by atoms with van der Waals surface area (Å²) in [6, 6.07) is 10.6. The second kappa shape index (κ2) is 8.13. The van der Waals surface area contributed by atoms with Crippen LogP contribution < -0.4 is 9.67 Å². The molecule has 0 aliphatic heterocycles. The molecule has 0 unspecified atom stereocenters. The summed E-state index contributed by atoms with van der Waals surface area (Å²) in [4.78, 5) is 8.89. The molecule has 0 spiro atoms. The molecule has 4 heteroatoms. The van der Waals surface area contributed by atoms with Crippen LogP contribution in [0.2, 0.25) is 0 Å². The molecule has 0 aliphatic carbocycles. The Morgan fingerprint density at radius 2 is 1.71 bits per heavy atom. The predicted molar refractivity (Wildman–Crippen MR) is 94.2 cm³/mol. The van der Waals surface area contributed by atoms with Crippen LogP contribution >= 0.6 is 0 Å². The van der Waals surface area contributed by atoms with Crippen LogP contribution in [0.4, 0.5) is 0 Å². The largest absolute Gasteiger partial charge is 0.550 e. The molecule has 2 rings (SSSR count). The molecule has 0 saturated heterocycles. The van der Waals surface area contributed by atoms with E-state index >= 15 is 0 Å². The monoisotopic (exact) mass is 330 g/mol. The lowest BCUT2D eigenvalue weighted by atomic mass is 9.72. The van der Waals surface area contributed by atoms with E-state index in [4.69, 9.17) is 9.90 Å². The first-order chi connectivity index (χ1) is 11.1. The Balaban J connectivity index is 0.000000648. The summed E-state index contributed by atoms with van der Waals surface area (Å²) in [5.74, 6) is -1.08. The van der Waals surface area contributed by atoms with E-state index < -0.39 is 5.97 Å². The van der Waals surface area contributed by atoms with Crippen LogP contribution in [-0.4, -0.2) is 10.5 Å². The van der Waals surface area contributed by atoms with Crippen molar-refractivity contribution in [1.82, 2.24) is 4.57 Å². The number of aliphatic carboxylic acids is 1. The number of hydrogen-bond donors (Lipinski definition) is 0. The van der Waals surface area contributed by atoms with E-state index in [1.165, 1.54) is 5.56 Å². The molecule has 0 radical (unpaired) electrons. The van der Waals surface area contributed by atoms with Crippen LogP contribution in [0.15, 0.2) is 49.1 Å². The van der Waals surface area contributed by atoms with Crippen LogP contribution in [0.1, 0.15) is 53.5 Å². The Bertz CT molecular complexity index is 639. The maximum atomic E-state index is 8.89. The highest BCUT2D eigenvalue weighted by atomic mass is 16.4. The number of carbonyl (C=O) groups excluding carboxylic acids is 1. The lowest BCUT2D eigenvalue weighted by molar-refractivity contribution is -0.688. The van der Waals surface area contributed by atoms with Crippen molar-refractivity contribution in [2.24, 2.45) is 5.41 Å². The number of nitrogens with zero attached hydrogens (tertiary/aromatic N) is 2. The third-order valence-corrected chi connectivity index (χ3v) is 5.09. The lowest BCUT2D eigenvalue weighted by Gasteiger charge is -2.38. The summed E-state index contributed by atoms with van der Waals surface area (Å²) in [6.07, 6.45) is 7.75. The van der Waals surface area contributed by atoms with Crippen molar-refractivity contribution >= 4 is 5.97 Å². The molecule has 0 N–H and O–H groups in total. The molecule has 2 aromatic rings. The number of aromatic nitrogens is 2. The van der Waals surface area contributed by atoms with Gasteiger partial charge in [0.25, 0.3) is 0 Å². The SMILES string of the molecule is CC(=O)[O-].CCC(C)(C)C(C)(C)n1cc[n+](Cc2ccccc2)c1. The Labute approximate surface area is 145 Å². The van der Waals surface area contributed by atoms with Crippen LogP contribution in [0.25, 0.3) is 0 Å². The predicted octanol–water partition coefficient (Wildman–Crippen LogP) is 2.75. The standard InChI is InChI=1S/C18H27N2.C2H4O2/c1-6-17(2,3)18(4,5)20-13-12-19(15-20)14-16-10-8-7-9-11-16;1-2(3)4/h7-13,15H,6,14H2,1-5H3;1H3,(H,3,4)/q+1;/p-1. The molecule has 0 aliphatic rings. The maximum Gasteiger partial charge on any atom is 0.244 e. The zero-order valence-corrected chi connectivity index (χ0v) is 15.7. The van der Waals surface area contributed by atoms with Gasteiger partial charge < -0.3 is 9.90 Å². The fourth-order valence-corrected chi connectivity index (χ4v) is 2.39. The Kier molecular flexibility index (Phi) is 6.76. The molecular formula is C20H30N2O2. The zero-order valence-electron chi connectivity index (χ0n) is 15.7. The van der Waals surface area contributed by atoms with E-state index in [1.54, 1.807) is 0 Å². The normalized spacial score (nSPS) is 11.6. The Hall–Kier alpha value is -2.10. The fraction of sp³-hybridized carbons (Fsp3) is 0.500. The summed E-state index contributed by atoms with van der Waals surface area (Å²) in [6.45, 7) is 13.5.